The van der Waals surface area contributed by atoms with Crippen LogP contribution in [-0.2, 0) is 26.7 Å². The number of carboxylic acids is 1. The van der Waals surface area contributed by atoms with E-state index in [2.05, 4.69) is 0 Å². The summed E-state index contributed by atoms with van der Waals surface area (Å²) in [5.74, 6) is -1.54. The van der Waals surface area contributed by atoms with Gasteiger partial charge >= 0.3 is 17.1 Å². The van der Waals surface area contributed by atoms with Crippen molar-refractivity contribution in [3.8, 4) is 0 Å². The second-order valence-electron chi connectivity index (χ2n) is 1.84. The van der Waals surface area contributed by atoms with Gasteiger partial charge in [-0.15, -0.1) is 0 Å². The molecule has 3 nitrogen and oxygen atoms in total. The van der Waals surface area contributed by atoms with Gasteiger partial charge in [0.1, 0.15) is 5.78 Å². The first kappa shape index (κ1) is 12.3. The Morgan fingerprint density at radius 1 is 1.40 bits per heavy atom. The average Bonchev–Trinajstić information content (AvgIpc) is 1.63. The van der Waals surface area contributed by atoms with E-state index in [0.29, 0.717) is 12.8 Å². The van der Waals surface area contributed by atoms with Gasteiger partial charge in [-0.2, -0.15) is 0 Å². The average molecular weight is 193 g/mol. The van der Waals surface area contributed by atoms with E-state index in [1.165, 1.54) is 0 Å². The van der Waals surface area contributed by atoms with Crippen LogP contribution in [0.5, 0.6) is 0 Å². The molecule has 0 aliphatic rings. The Balaban J connectivity index is 0. The number of carbonyl (C=O) groups is 2. The van der Waals surface area contributed by atoms with E-state index in [9.17, 15) is 14.7 Å². The van der Waals surface area contributed by atoms with Gasteiger partial charge in [-0.1, -0.05) is 6.92 Å². The van der Waals surface area contributed by atoms with Crippen molar-refractivity contribution < 1.29 is 31.8 Å². The molecule has 0 heterocycles. The molecule has 0 aromatic rings. The summed E-state index contributed by atoms with van der Waals surface area (Å²) in [6, 6.07) is 0. The minimum Gasteiger partial charge on any atom is -0.550 e. The third-order valence-electron chi connectivity index (χ3n) is 0.870. The Labute approximate surface area is 70.3 Å². The minimum atomic E-state index is -1.28. The maximum atomic E-state index is 10.4. The summed E-state index contributed by atoms with van der Waals surface area (Å²) in [4.78, 5) is 20.2. The molecule has 0 aromatic carbocycles. The van der Waals surface area contributed by atoms with Gasteiger partial charge in [0.25, 0.3) is 0 Å². The first-order chi connectivity index (χ1) is 4.16. The zero-order chi connectivity index (χ0) is 7.28. The molecule has 0 amide bonds. The van der Waals surface area contributed by atoms with Crippen molar-refractivity contribution in [3.63, 3.8) is 0 Å². The van der Waals surface area contributed by atoms with Crippen molar-refractivity contribution >= 4 is 11.8 Å². The van der Waals surface area contributed by atoms with Crippen molar-refractivity contribution in [1.82, 2.24) is 0 Å². The van der Waals surface area contributed by atoms with Gasteiger partial charge in [0.15, 0.2) is 0 Å². The summed E-state index contributed by atoms with van der Waals surface area (Å²) in [6.07, 6.45) is 0.605. The summed E-state index contributed by atoms with van der Waals surface area (Å²) in [5, 5.41) is 9.75. The molecular formula is C6H9CuO3+. The van der Waals surface area contributed by atoms with Gasteiger partial charge in [0.2, 0.25) is 0 Å². The first-order valence-corrected chi connectivity index (χ1v) is 2.88. The topological polar surface area (TPSA) is 57.2 Å². The van der Waals surface area contributed by atoms with E-state index in [4.69, 9.17) is 0 Å². The van der Waals surface area contributed by atoms with E-state index in [-0.39, 0.29) is 22.9 Å². The molecule has 1 radical (unpaired) electrons. The number of ketones is 1. The molecule has 0 aliphatic heterocycles. The third-order valence-corrected chi connectivity index (χ3v) is 0.870. The van der Waals surface area contributed by atoms with Crippen LogP contribution in [0.25, 0.3) is 0 Å². The summed E-state index contributed by atoms with van der Waals surface area (Å²) in [6.45, 7) is 1.83. The Bertz CT molecular complexity index is 122. The summed E-state index contributed by atoms with van der Waals surface area (Å²) < 4.78 is 0. The fraction of sp³-hybridized carbons (Fsp3) is 0.667. The van der Waals surface area contributed by atoms with Crippen LogP contribution in [0.2, 0.25) is 0 Å². The molecule has 0 rings (SSSR count). The second-order valence-corrected chi connectivity index (χ2v) is 1.84. The molecule has 0 saturated carbocycles. The molecule has 0 aliphatic carbocycles. The predicted octanol–water partition coefficient (Wildman–Crippen LogP) is -0.507. The Kier molecular flexibility index (Phi) is 8.36. The number of hydrogen-bond acceptors (Lipinski definition) is 3. The number of Topliss-reactive ketones (excluding diaryl/α,β-unsaturated/α-hetero) is 1. The molecule has 0 fully saturated rings. The minimum absolute atomic E-state index is 0. The summed E-state index contributed by atoms with van der Waals surface area (Å²) >= 11 is 0. The SMILES string of the molecule is CCCC(=O)CC(=O)[O-].[Cu+2]. The zero-order valence-electron chi connectivity index (χ0n) is 5.65. The molecule has 0 aromatic heterocycles. The molecule has 61 valence electrons. The standard InChI is InChI=1S/C6H10O3.Cu/c1-2-3-5(7)4-6(8)9;/h2-4H2,1H3,(H,8,9);/q;+2/p-1. The molecule has 0 N–H and O–H groups in total. The molecule has 0 saturated heterocycles. The number of aliphatic carboxylic acids is 1. The van der Waals surface area contributed by atoms with E-state index in [0.717, 1.165) is 0 Å². The van der Waals surface area contributed by atoms with Crippen molar-refractivity contribution in [1.29, 1.82) is 0 Å². The van der Waals surface area contributed by atoms with Gasteiger partial charge in [-0.25, -0.2) is 0 Å². The molecule has 0 atom stereocenters. The fourth-order valence-corrected chi connectivity index (χ4v) is 0.528. The maximum absolute atomic E-state index is 10.4. The van der Waals surface area contributed by atoms with E-state index in [1.54, 1.807) is 0 Å². The number of carbonyl (C=O) groups excluding carboxylic acids is 2. The van der Waals surface area contributed by atoms with Crippen LogP contribution in [0.1, 0.15) is 26.2 Å². The number of hydrogen-bond donors (Lipinski definition) is 0. The van der Waals surface area contributed by atoms with E-state index in [1.807, 2.05) is 6.92 Å². The number of carboxylic acid groups (broad SMARTS) is 1. The van der Waals surface area contributed by atoms with Crippen molar-refractivity contribution in [2.75, 3.05) is 0 Å². The van der Waals surface area contributed by atoms with E-state index < -0.39 is 12.4 Å². The van der Waals surface area contributed by atoms with Crippen LogP contribution in [0, 0.1) is 0 Å². The van der Waals surface area contributed by atoms with Crippen LogP contribution in [0.15, 0.2) is 0 Å². The Morgan fingerprint density at radius 2 is 1.90 bits per heavy atom. The predicted molar refractivity (Wildman–Crippen MR) is 29.5 cm³/mol. The largest absolute Gasteiger partial charge is 2.00 e. The van der Waals surface area contributed by atoms with Crippen molar-refractivity contribution in [3.05, 3.63) is 0 Å². The Hall–Kier alpha value is -0.341. The molecular weight excluding hydrogens is 184 g/mol. The van der Waals surface area contributed by atoms with Gasteiger partial charge in [0.05, 0.1) is 0 Å². The van der Waals surface area contributed by atoms with Crippen LogP contribution in [0.4, 0.5) is 0 Å². The summed E-state index contributed by atoms with van der Waals surface area (Å²) in [7, 11) is 0. The monoisotopic (exact) mass is 192 g/mol. The normalized spacial score (nSPS) is 8.10. The van der Waals surface area contributed by atoms with Crippen LogP contribution < -0.4 is 5.11 Å². The van der Waals surface area contributed by atoms with Crippen molar-refractivity contribution in [2.24, 2.45) is 0 Å². The zero-order valence-corrected chi connectivity index (χ0v) is 6.59. The number of rotatable bonds is 4. The molecule has 0 spiro atoms. The van der Waals surface area contributed by atoms with Crippen LogP contribution >= 0.6 is 0 Å². The van der Waals surface area contributed by atoms with Crippen LogP contribution in [0.3, 0.4) is 0 Å². The third kappa shape index (κ3) is 7.66. The summed E-state index contributed by atoms with van der Waals surface area (Å²) in [5.41, 5.74) is 0. The molecule has 10 heavy (non-hydrogen) atoms. The fourth-order valence-electron chi connectivity index (χ4n) is 0.528. The maximum Gasteiger partial charge on any atom is 2.00 e. The first-order valence-electron chi connectivity index (χ1n) is 2.88. The molecule has 0 unspecified atom stereocenters. The molecule has 0 bridgehead atoms. The van der Waals surface area contributed by atoms with E-state index >= 15 is 0 Å². The van der Waals surface area contributed by atoms with Gasteiger partial charge < -0.3 is 9.90 Å². The van der Waals surface area contributed by atoms with Crippen LogP contribution in [-0.4, -0.2) is 11.8 Å². The molecule has 4 heteroatoms. The van der Waals surface area contributed by atoms with Gasteiger partial charge in [-0.05, 0) is 6.42 Å². The second kappa shape index (κ2) is 6.77. The Morgan fingerprint density at radius 3 is 2.20 bits per heavy atom. The van der Waals surface area contributed by atoms with Crippen molar-refractivity contribution in [2.45, 2.75) is 26.2 Å². The quantitative estimate of drug-likeness (QED) is 0.446. The van der Waals surface area contributed by atoms with Gasteiger partial charge in [0, 0.05) is 18.8 Å². The van der Waals surface area contributed by atoms with Gasteiger partial charge in [-0.3, -0.25) is 4.79 Å². The smallest absolute Gasteiger partial charge is 0.550 e.